The minimum Gasteiger partial charge on any atom is -0.493 e. The Morgan fingerprint density at radius 3 is 2.88 bits per heavy atom. The summed E-state index contributed by atoms with van der Waals surface area (Å²) in [5.74, 6) is 0.221. The fraction of sp³-hybridized carbons (Fsp3) is 0.550. The van der Waals surface area contributed by atoms with Crippen molar-refractivity contribution in [3.8, 4) is 5.75 Å². The van der Waals surface area contributed by atoms with Crippen LogP contribution < -0.4 is 4.74 Å². The van der Waals surface area contributed by atoms with Gasteiger partial charge >= 0.3 is 5.97 Å². The monoisotopic (exact) mass is 366 g/mol. The van der Waals surface area contributed by atoms with Gasteiger partial charge in [0.2, 0.25) is 0 Å². The molecule has 25 heavy (non-hydrogen) atoms. The molecule has 0 aromatic heterocycles. The molecule has 0 heterocycles. The predicted molar refractivity (Wildman–Crippen MR) is 99.2 cm³/mol. The maximum absolute atomic E-state index is 10.5. The van der Waals surface area contributed by atoms with E-state index in [9.17, 15) is 9.90 Å². The smallest absolute Gasteiger partial charge is 0.303 e. The molecule has 1 unspecified atom stereocenters. The van der Waals surface area contributed by atoms with E-state index in [0.29, 0.717) is 19.4 Å². The molecule has 1 aliphatic rings. The first kappa shape index (κ1) is 19.8. The van der Waals surface area contributed by atoms with Crippen molar-refractivity contribution in [3.05, 3.63) is 42.0 Å². The van der Waals surface area contributed by atoms with Gasteiger partial charge in [-0.15, -0.1) is 11.6 Å². The normalized spacial score (nSPS) is 26.2. The molecule has 4 atom stereocenters. The summed E-state index contributed by atoms with van der Waals surface area (Å²) >= 11 is 6.43. The van der Waals surface area contributed by atoms with Crippen molar-refractivity contribution in [2.45, 2.75) is 50.5 Å². The lowest BCUT2D eigenvalue weighted by atomic mass is 9.92. The van der Waals surface area contributed by atoms with Gasteiger partial charge in [-0.3, -0.25) is 4.79 Å². The third kappa shape index (κ3) is 6.37. The van der Waals surface area contributed by atoms with Gasteiger partial charge in [-0.25, -0.2) is 0 Å². The molecule has 2 N–H and O–H groups in total. The molecule has 2 rings (SSSR count). The minimum absolute atomic E-state index is 0.00619. The summed E-state index contributed by atoms with van der Waals surface area (Å²) in [5, 5.41) is 18.9. The average Bonchev–Trinajstić information content (AvgIpc) is 2.82. The molecule has 0 amide bonds. The zero-order valence-electron chi connectivity index (χ0n) is 14.6. The van der Waals surface area contributed by atoms with Gasteiger partial charge in [0, 0.05) is 17.7 Å². The number of hydrogen-bond donors (Lipinski definition) is 2. The molecule has 1 saturated carbocycles. The number of carboxylic acids is 1. The van der Waals surface area contributed by atoms with E-state index in [1.165, 1.54) is 0 Å². The molecule has 5 heteroatoms. The Morgan fingerprint density at radius 2 is 2.16 bits per heavy atom. The van der Waals surface area contributed by atoms with Crippen LogP contribution in [0.4, 0.5) is 0 Å². The van der Waals surface area contributed by atoms with Gasteiger partial charge in [0.05, 0.1) is 12.7 Å². The van der Waals surface area contributed by atoms with E-state index < -0.39 is 12.1 Å². The molecule has 4 nitrogen and oxygen atoms in total. The van der Waals surface area contributed by atoms with E-state index in [2.05, 4.69) is 6.08 Å². The van der Waals surface area contributed by atoms with Crippen molar-refractivity contribution >= 4 is 17.6 Å². The number of aryl methyl sites for hydroxylation is 1. The third-order valence-corrected chi connectivity index (χ3v) is 5.25. The number of rotatable bonds is 9. The molecule has 1 aliphatic carbocycles. The standard InChI is InChI=1S/C20H27ClO4/c1-14-7-6-8-15(11-14)25-13-17-16(18(21)12-19(17)22)9-4-2-3-5-10-20(23)24/h2,4,6-8,11,16-19,22H,3,5,9-10,12-13H2,1H3,(H,23,24)/b4-2-/t16-,17-,18?,19-/m1/s1. The van der Waals surface area contributed by atoms with E-state index in [1.54, 1.807) is 0 Å². The molecule has 1 aromatic rings. The van der Waals surface area contributed by atoms with Crippen molar-refractivity contribution in [1.29, 1.82) is 0 Å². The number of hydrogen-bond acceptors (Lipinski definition) is 3. The van der Waals surface area contributed by atoms with Crippen molar-refractivity contribution in [2.24, 2.45) is 11.8 Å². The molecule has 0 bridgehead atoms. The number of allylic oxidation sites excluding steroid dienone is 2. The number of alkyl halides is 1. The summed E-state index contributed by atoms with van der Waals surface area (Å²) in [6, 6.07) is 7.88. The van der Waals surface area contributed by atoms with Gasteiger partial charge in [0.25, 0.3) is 0 Å². The number of aliphatic hydroxyl groups excluding tert-OH is 1. The van der Waals surface area contributed by atoms with Crippen LogP contribution in [-0.4, -0.2) is 34.3 Å². The first-order valence-corrected chi connectivity index (χ1v) is 9.29. The molecule has 1 fully saturated rings. The highest BCUT2D eigenvalue weighted by molar-refractivity contribution is 6.21. The van der Waals surface area contributed by atoms with Gasteiger partial charge in [0.1, 0.15) is 5.75 Å². The van der Waals surface area contributed by atoms with Crippen LogP contribution in [0.5, 0.6) is 5.75 Å². The number of halogens is 1. The second kappa shape index (κ2) is 9.83. The zero-order valence-corrected chi connectivity index (χ0v) is 15.4. The molecule has 0 radical (unpaired) electrons. The fourth-order valence-electron chi connectivity index (χ4n) is 3.33. The number of aliphatic carboxylic acids is 1. The fourth-order valence-corrected chi connectivity index (χ4v) is 3.80. The first-order valence-electron chi connectivity index (χ1n) is 8.85. The van der Waals surface area contributed by atoms with Crippen LogP contribution in [-0.2, 0) is 4.79 Å². The Hall–Kier alpha value is -1.52. The van der Waals surface area contributed by atoms with Crippen LogP contribution in [0.25, 0.3) is 0 Å². The highest BCUT2D eigenvalue weighted by Crippen LogP contribution is 2.39. The second-order valence-electron chi connectivity index (χ2n) is 6.77. The number of ether oxygens (including phenoxy) is 1. The predicted octanol–water partition coefficient (Wildman–Crippen LogP) is 4.18. The second-order valence-corrected chi connectivity index (χ2v) is 7.33. The number of carboxylic acid groups (broad SMARTS) is 1. The van der Waals surface area contributed by atoms with Gasteiger partial charge in [-0.2, -0.15) is 0 Å². The third-order valence-electron chi connectivity index (χ3n) is 4.74. The Bertz CT molecular complexity index is 587. The van der Waals surface area contributed by atoms with Crippen molar-refractivity contribution < 1.29 is 19.7 Å². The number of benzene rings is 1. The number of unbranched alkanes of at least 4 members (excludes halogenated alkanes) is 1. The van der Waals surface area contributed by atoms with Crippen LogP contribution in [0.1, 0.15) is 37.7 Å². The van der Waals surface area contributed by atoms with Crippen molar-refractivity contribution in [2.75, 3.05) is 6.61 Å². The Morgan fingerprint density at radius 1 is 1.36 bits per heavy atom. The molecule has 1 aromatic carbocycles. The van der Waals surface area contributed by atoms with Gasteiger partial charge in [0.15, 0.2) is 0 Å². The van der Waals surface area contributed by atoms with Crippen LogP contribution in [0.3, 0.4) is 0 Å². The quantitative estimate of drug-likeness (QED) is 0.391. The van der Waals surface area contributed by atoms with Crippen LogP contribution in [0.2, 0.25) is 0 Å². The van der Waals surface area contributed by atoms with Gasteiger partial charge < -0.3 is 14.9 Å². The molecular weight excluding hydrogens is 340 g/mol. The largest absolute Gasteiger partial charge is 0.493 e. The molecule has 0 spiro atoms. The summed E-state index contributed by atoms with van der Waals surface area (Å²) in [4.78, 5) is 10.5. The van der Waals surface area contributed by atoms with Crippen molar-refractivity contribution in [3.63, 3.8) is 0 Å². The molecule has 0 saturated heterocycles. The summed E-state index contributed by atoms with van der Waals surface area (Å²) < 4.78 is 5.88. The highest BCUT2D eigenvalue weighted by atomic mass is 35.5. The first-order chi connectivity index (χ1) is 12.0. The van der Waals surface area contributed by atoms with E-state index in [0.717, 1.165) is 24.2 Å². The Balaban J connectivity index is 1.84. The number of carbonyl (C=O) groups is 1. The van der Waals surface area contributed by atoms with E-state index in [-0.39, 0.29) is 23.6 Å². The SMILES string of the molecule is Cc1cccc(OC[C@H]2[C@H](O)CC(Cl)[C@@H]2C/C=C\CCCC(=O)O)c1. The molecule has 0 aliphatic heterocycles. The average molecular weight is 367 g/mol. The lowest BCUT2D eigenvalue weighted by Gasteiger charge is -2.22. The van der Waals surface area contributed by atoms with E-state index in [4.69, 9.17) is 21.4 Å². The topological polar surface area (TPSA) is 66.8 Å². The summed E-state index contributed by atoms with van der Waals surface area (Å²) in [5.41, 5.74) is 1.14. The maximum Gasteiger partial charge on any atom is 0.303 e. The lowest BCUT2D eigenvalue weighted by molar-refractivity contribution is -0.137. The van der Waals surface area contributed by atoms with Crippen LogP contribution in [0.15, 0.2) is 36.4 Å². The van der Waals surface area contributed by atoms with Crippen LogP contribution >= 0.6 is 11.6 Å². The van der Waals surface area contributed by atoms with E-state index >= 15 is 0 Å². The summed E-state index contributed by atoms with van der Waals surface area (Å²) in [6.45, 7) is 2.47. The van der Waals surface area contributed by atoms with Gasteiger partial charge in [-0.1, -0.05) is 24.3 Å². The van der Waals surface area contributed by atoms with Crippen LogP contribution in [0, 0.1) is 18.8 Å². The summed E-state index contributed by atoms with van der Waals surface area (Å²) in [6.07, 6.45) is 6.56. The lowest BCUT2D eigenvalue weighted by Crippen LogP contribution is -2.27. The maximum atomic E-state index is 10.5. The van der Waals surface area contributed by atoms with E-state index in [1.807, 2.05) is 37.3 Å². The molecular formula is C20H27ClO4. The Labute approximate surface area is 154 Å². The minimum atomic E-state index is -0.763. The van der Waals surface area contributed by atoms with Gasteiger partial charge in [-0.05, 0) is 56.2 Å². The highest BCUT2D eigenvalue weighted by Gasteiger charge is 2.41. The van der Waals surface area contributed by atoms with Crippen molar-refractivity contribution in [1.82, 2.24) is 0 Å². The Kier molecular flexibility index (Phi) is 7.79. The zero-order chi connectivity index (χ0) is 18.2. The molecule has 138 valence electrons. The number of aliphatic hydroxyl groups is 1. The summed E-state index contributed by atoms with van der Waals surface area (Å²) in [7, 11) is 0.